The second kappa shape index (κ2) is 9.08. The van der Waals surface area contributed by atoms with E-state index in [1.54, 1.807) is 37.3 Å². The number of thiazole rings is 1. The first-order chi connectivity index (χ1) is 16.8. The van der Waals surface area contributed by atoms with Crippen molar-refractivity contribution in [2.75, 3.05) is 18.1 Å². The number of carbonyl (C=O) groups is 3. The van der Waals surface area contributed by atoms with Gasteiger partial charge in [-0.15, -0.1) is 0 Å². The zero-order valence-corrected chi connectivity index (χ0v) is 21.7. The summed E-state index contributed by atoms with van der Waals surface area (Å²) in [5.74, 6) is -1.18. The number of ether oxygens (including phenoxy) is 2. The van der Waals surface area contributed by atoms with Crippen LogP contribution in [0.4, 0.5) is 5.13 Å². The third-order valence-corrected chi connectivity index (χ3v) is 7.73. The van der Waals surface area contributed by atoms with Gasteiger partial charge in [-0.3, -0.25) is 19.3 Å². The Labute approximate surface area is 218 Å². The van der Waals surface area contributed by atoms with Crippen LogP contribution in [0.2, 0.25) is 0 Å². The lowest BCUT2D eigenvalue weighted by Gasteiger charge is -2.23. The number of anilines is 1. The minimum atomic E-state index is -0.925. The van der Waals surface area contributed by atoms with Crippen LogP contribution >= 0.6 is 33.9 Å². The first-order valence-electron chi connectivity index (χ1n) is 10.7. The standard InChI is InChI=1S/C25H19IN2O6S/c1-12-23(13(2)29)35-25(27-12)28-20(14-3-6-16(26)7-4-14)19(22(31)24(28)32)21(30)15-5-8-17-18(11-15)34-10-9-33-17/h3-8,11,20,30H,9-10H2,1-2H3. The van der Waals surface area contributed by atoms with Gasteiger partial charge < -0.3 is 14.6 Å². The zero-order valence-electron chi connectivity index (χ0n) is 18.7. The number of carbonyl (C=O) groups excluding carboxylic acids is 3. The fraction of sp³-hybridized carbons (Fsp3) is 0.200. The summed E-state index contributed by atoms with van der Waals surface area (Å²) >= 11 is 3.22. The zero-order chi connectivity index (χ0) is 24.9. The Hall–Kier alpha value is -3.25. The molecular formula is C25H19IN2O6S. The molecule has 1 unspecified atom stereocenters. The Balaban J connectivity index is 1.69. The number of benzene rings is 2. The first-order valence-corrected chi connectivity index (χ1v) is 12.6. The lowest BCUT2D eigenvalue weighted by atomic mass is 9.95. The molecule has 2 aliphatic heterocycles. The number of aliphatic hydroxyl groups excluding tert-OH is 1. The summed E-state index contributed by atoms with van der Waals surface area (Å²) in [5.41, 5.74) is 1.36. The molecule has 8 nitrogen and oxygen atoms in total. The SMILES string of the molecule is CC(=O)c1sc(N2C(=O)C(=O)C(=C(O)c3ccc4c(c3)OCCO4)C2c2ccc(I)cc2)nc1C. The fourth-order valence-corrected chi connectivity index (χ4v) is 5.50. The molecule has 0 saturated carbocycles. The second-order valence-corrected chi connectivity index (χ2v) is 10.3. The quantitative estimate of drug-likeness (QED) is 0.152. The topological polar surface area (TPSA) is 106 Å². The molecule has 1 aromatic heterocycles. The predicted molar refractivity (Wildman–Crippen MR) is 138 cm³/mol. The molecule has 1 N–H and O–H groups in total. The fourth-order valence-electron chi connectivity index (χ4n) is 4.15. The predicted octanol–water partition coefficient (Wildman–Crippen LogP) is 4.66. The molecule has 10 heteroatoms. The van der Waals surface area contributed by atoms with Crippen LogP contribution in [0.1, 0.15) is 39.5 Å². The van der Waals surface area contributed by atoms with Crippen LogP contribution in [0, 0.1) is 10.5 Å². The monoisotopic (exact) mass is 602 g/mol. The summed E-state index contributed by atoms with van der Waals surface area (Å²) in [6.07, 6.45) is 0. The molecule has 0 aliphatic carbocycles. The number of aryl methyl sites for hydroxylation is 1. The molecule has 1 saturated heterocycles. The molecule has 5 rings (SSSR count). The van der Waals surface area contributed by atoms with Gasteiger partial charge in [0.25, 0.3) is 5.78 Å². The van der Waals surface area contributed by atoms with Gasteiger partial charge in [-0.1, -0.05) is 23.5 Å². The van der Waals surface area contributed by atoms with Crippen LogP contribution in [-0.2, 0) is 9.59 Å². The molecule has 1 atom stereocenters. The lowest BCUT2D eigenvalue weighted by Crippen LogP contribution is -2.29. The molecule has 2 aromatic carbocycles. The van der Waals surface area contributed by atoms with Gasteiger partial charge in [-0.05, 0) is 65.4 Å². The molecular weight excluding hydrogens is 583 g/mol. The molecule has 0 radical (unpaired) electrons. The largest absolute Gasteiger partial charge is 0.507 e. The van der Waals surface area contributed by atoms with Crippen LogP contribution in [-0.4, -0.2) is 40.8 Å². The third-order valence-electron chi connectivity index (χ3n) is 5.76. The minimum absolute atomic E-state index is 0.0647. The van der Waals surface area contributed by atoms with E-state index in [2.05, 4.69) is 27.6 Å². The van der Waals surface area contributed by atoms with Crippen molar-refractivity contribution >= 4 is 62.3 Å². The number of aromatic nitrogens is 1. The van der Waals surface area contributed by atoms with E-state index in [0.717, 1.165) is 14.9 Å². The van der Waals surface area contributed by atoms with Crippen molar-refractivity contribution in [2.45, 2.75) is 19.9 Å². The van der Waals surface area contributed by atoms with E-state index in [9.17, 15) is 19.5 Å². The van der Waals surface area contributed by atoms with Gasteiger partial charge >= 0.3 is 5.91 Å². The Morgan fingerprint density at radius 3 is 2.46 bits per heavy atom. The highest BCUT2D eigenvalue weighted by molar-refractivity contribution is 14.1. The van der Waals surface area contributed by atoms with Crippen LogP contribution in [0.15, 0.2) is 48.0 Å². The second-order valence-electron chi connectivity index (χ2n) is 8.05. The number of hydrogen-bond acceptors (Lipinski definition) is 8. The van der Waals surface area contributed by atoms with Gasteiger partial charge in [-0.25, -0.2) is 4.98 Å². The van der Waals surface area contributed by atoms with E-state index in [-0.39, 0.29) is 22.2 Å². The number of halogens is 1. The Morgan fingerprint density at radius 2 is 1.80 bits per heavy atom. The van der Waals surface area contributed by atoms with E-state index < -0.39 is 17.7 Å². The molecule has 0 bridgehead atoms. The van der Waals surface area contributed by atoms with E-state index in [1.807, 2.05) is 12.1 Å². The van der Waals surface area contributed by atoms with Crippen molar-refractivity contribution in [2.24, 2.45) is 0 Å². The summed E-state index contributed by atoms with van der Waals surface area (Å²) in [5, 5.41) is 11.5. The van der Waals surface area contributed by atoms with Gasteiger partial charge in [0.05, 0.1) is 22.2 Å². The Morgan fingerprint density at radius 1 is 1.11 bits per heavy atom. The van der Waals surface area contributed by atoms with Crippen LogP contribution in [0.3, 0.4) is 0 Å². The number of rotatable bonds is 4. The number of aliphatic hydroxyl groups is 1. The highest BCUT2D eigenvalue weighted by atomic mass is 127. The number of hydrogen-bond donors (Lipinski definition) is 1. The maximum atomic E-state index is 13.3. The summed E-state index contributed by atoms with van der Waals surface area (Å²) in [4.78, 5) is 44.7. The van der Waals surface area contributed by atoms with Crippen LogP contribution < -0.4 is 14.4 Å². The normalized spacial score (nSPS) is 18.7. The van der Waals surface area contributed by atoms with Crippen molar-refractivity contribution in [1.29, 1.82) is 0 Å². The van der Waals surface area contributed by atoms with E-state index in [1.165, 1.54) is 11.8 Å². The van der Waals surface area contributed by atoms with Gasteiger partial charge in [0.15, 0.2) is 22.4 Å². The van der Waals surface area contributed by atoms with E-state index >= 15 is 0 Å². The van der Waals surface area contributed by atoms with Gasteiger partial charge in [0, 0.05) is 16.1 Å². The Bertz CT molecular complexity index is 1410. The lowest BCUT2D eigenvalue weighted by molar-refractivity contribution is -0.132. The van der Waals surface area contributed by atoms with Crippen LogP contribution in [0.5, 0.6) is 11.5 Å². The minimum Gasteiger partial charge on any atom is -0.507 e. The maximum absolute atomic E-state index is 13.3. The average Bonchev–Trinajstić information content (AvgIpc) is 3.36. The third kappa shape index (κ3) is 4.10. The summed E-state index contributed by atoms with van der Waals surface area (Å²) in [6, 6.07) is 11.2. The van der Waals surface area contributed by atoms with Crippen molar-refractivity contribution < 1.29 is 29.0 Å². The van der Waals surface area contributed by atoms with Crippen molar-refractivity contribution in [3.63, 3.8) is 0 Å². The molecule has 0 spiro atoms. The summed E-state index contributed by atoms with van der Waals surface area (Å²) < 4.78 is 12.1. The first kappa shape index (κ1) is 23.5. The van der Waals surface area contributed by atoms with Gasteiger partial charge in [0.1, 0.15) is 19.0 Å². The molecule has 2 aliphatic rings. The van der Waals surface area contributed by atoms with E-state index in [4.69, 9.17) is 9.47 Å². The molecule has 1 amide bonds. The van der Waals surface area contributed by atoms with E-state index in [0.29, 0.717) is 46.4 Å². The maximum Gasteiger partial charge on any atom is 0.301 e. The Kier molecular flexibility index (Phi) is 6.09. The highest BCUT2D eigenvalue weighted by Crippen LogP contribution is 2.44. The van der Waals surface area contributed by atoms with Crippen molar-refractivity contribution in [1.82, 2.24) is 4.98 Å². The number of amides is 1. The van der Waals surface area contributed by atoms with Crippen molar-refractivity contribution in [3.05, 3.63) is 73.3 Å². The molecule has 3 heterocycles. The summed E-state index contributed by atoms with van der Waals surface area (Å²) in [6.45, 7) is 3.90. The number of Topliss-reactive ketones (excluding diaryl/α,β-unsaturated/α-hetero) is 2. The number of fused-ring (bicyclic) bond motifs is 1. The van der Waals surface area contributed by atoms with Gasteiger partial charge in [0.2, 0.25) is 0 Å². The molecule has 35 heavy (non-hydrogen) atoms. The average molecular weight is 602 g/mol. The molecule has 3 aromatic rings. The molecule has 178 valence electrons. The number of ketones is 2. The molecule has 1 fully saturated rings. The van der Waals surface area contributed by atoms with Crippen molar-refractivity contribution in [3.8, 4) is 11.5 Å². The van der Waals surface area contributed by atoms with Gasteiger partial charge in [-0.2, -0.15) is 0 Å². The summed E-state index contributed by atoms with van der Waals surface area (Å²) in [7, 11) is 0. The highest BCUT2D eigenvalue weighted by Gasteiger charge is 2.48. The smallest absolute Gasteiger partial charge is 0.301 e. The number of nitrogens with zero attached hydrogens (tertiary/aromatic N) is 2. The van der Waals surface area contributed by atoms with Crippen LogP contribution in [0.25, 0.3) is 5.76 Å².